The van der Waals surface area contributed by atoms with Crippen LogP contribution in [0.15, 0.2) is 18.2 Å². The predicted molar refractivity (Wildman–Crippen MR) is 94.6 cm³/mol. The van der Waals surface area contributed by atoms with E-state index >= 15 is 0 Å². The maximum atomic E-state index is 6.34. The first kappa shape index (κ1) is 18.8. The zero-order chi connectivity index (χ0) is 16.0. The average molecular weight is 331 g/mol. The second-order valence-corrected chi connectivity index (χ2v) is 6.72. The van der Waals surface area contributed by atoms with E-state index in [1.54, 1.807) is 0 Å². The van der Waals surface area contributed by atoms with E-state index in [9.17, 15) is 0 Å². The fraction of sp³-hybridized carbons (Fsp3) is 0.647. The fourth-order valence-electron chi connectivity index (χ4n) is 3.00. The second kappa shape index (κ2) is 8.38. The first-order valence-electron chi connectivity index (χ1n) is 7.79. The molecule has 21 heavy (non-hydrogen) atoms. The van der Waals surface area contributed by atoms with Crippen LogP contribution in [-0.2, 0) is 6.42 Å². The molecular weight excluding hydrogens is 303 g/mol. The summed E-state index contributed by atoms with van der Waals surface area (Å²) < 4.78 is 0. The predicted octanol–water partition coefficient (Wildman–Crippen LogP) is 4.63. The van der Waals surface area contributed by atoms with Crippen LogP contribution in [0.5, 0.6) is 0 Å². The van der Waals surface area contributed by atoms with Gasteiger partial charge in [0.1, 0.15) is 0 Å². The van der Waals surface area contributed by atoms with Crippen LogP contribution >= 0.6 is 23.2 Å². The van der Waals surface area contributed by atoms with Gasteiger partial charge in [-0.1, -0.05) is 44.0 Å². The first-order chi connectivity index (χ1) is 9.86. The van der Waals surface area contributed by atoms with Gasteiger partial charge in [-0.25, -0.2) is 0 Å². The van der Waals surface area contributed by atoms with Crippen LogP contribution < -0.4 is 5.32 Å². The molecule has 0 fully saturated rings. The van der Waals surface area contributed by atoms with Crippen LogP contribution in [0.1, 0.15) is 40.2 Å². The van der Waals surface area contributed by atoms with Gasteiger partial charge in [0.25, 0.3) is 0 Å². The molecule has 1 N–H and O–H groups in total. The lowest BCUT2D eigenvalue weighted by molar-refractivity contribution is 0.0918. The number of hydrogen-bond acceptors (Lipinski definition) is 2. The molecule has 0 aliphatic heterocycles. The molecule has 0 saturated carbocycles. The molecule has 0 aliphatic carbocycles. The first-order valence-corrected chi connectivity index (χ1v) is 8.54. The maximum Gasteiger partial charge on any atom is 0.0439 e. The summed E-state index contributed by atoms with van der Waals surface area (Å²) in [6.07, 6.45) is 0.872. The molecule has 120 valence electrons. The summed E-state index contributed by atoms with van der Waals surface area (Å²) in [5, 5.41) is 5.15. The Bertz CT molecular complexity index is 442. The molecule has 1 aromatic carbocycles. The van der Waals surface area contributed by atoms with Crippen LogP contribution in [0.4, 0.5) is 0 Å². The topological polar surface area (TPSA) is 15.3 Å². The molecule has 2 nitrogen and oxygen atoms in total. The Labute approximate surface area is 139 Å². The summed E-state index contributed by atoms with van der Waals surface area (Å²) in [7, 11) is 0. The lowest BCUT2D eigenvalue weighted by Crippen LogP contribution is -2.58. The Balaban J connectivity index is 3.03. The second-order valence-electron chi connectivity index (χ2n) is 5.88. The molecule has 0 aromatic heterocycles. The lowest BCUT2D eigenvalue weighted by Gasteiger charge is -2.44. The molecule has 0 spiro atoms. The third kappa shape index (κ3) is 4.85. The van der Waals surface area contributed by atoms with Crippen molar-refractivity contribution in [3.63, 3.8) is 0 Å². The molecule has 4 heteroatoms. The van der Waals surface area contributed by atoms with Crippen molar-refractivity contribution in [3.05, 3.63) is 33.8 Å². The van der Waals surface area contributed by atoms with Crippen LogP contribution in [0, 0.1) is 0 Å². The third-order valence-electron chi connectivity index (χ3n) is 4.31. The van der Waals surface area contributed by atoms with Gasteiger partial charge in [0.15, 0.2) is 0 Å². The van der Waals surface area contributed by atoms with Gasteiger partial charge in [0.05, 0.1) is 0 Å². The maximum absolute atomic E-state index is 6.34. The summed E-state index contributed by atoms with van der Waals surface area (Å²) in [4.78, 5) is 2.48. The summed E-state index contributed by atoms with van der Waals surface area (Å²) >= 11 is 12.5. The highest BCUT2D eigenvalue weighted by Gasteiger charge is 2.33. The number of benzene rings is 1. The normalized spacial score (nSPS) is 13.7. The minimum atomic E-state index is 0.0468. The number of nitrogens with one attached hydrogen (secondary N) is 1. The van der Waals surface area contributed by atoms with Crippen LogP contribution in [0.25, 0.3) is 0 Å². The molecule has 0 aliphatic rings. The van der Waals surface area contributed by atoms with Crippen molar-refractivity contribution in [1.82, 2.24) is 10.2 Å². The molecule has 1 atom stereocenters. The van der Waals surface area contributed by atoms with Crippen LogP contribution in [0.3, 0.4) is 0 Å². The Morgan fingerprint density at radius 2 is 1.76 bits per heavy atom. The van der Waals surface area contributed by atoms with E-state index in [1.165, 1.54) is 0 Å². The number of halogens is 2. The Morgan fingerprint density at radius 3 is 2.29 bits per heavy atom. The standard InChI is InChI=1S/C17H28Cl2N2/c1-6-20-16(17(4,5)21(7-2)8-3)12-13-11-14(18)9-10-15(13)19/h9-11,16,20H,6-8,12H2,1-5H3. The monoisotopic (exact) mass is 330 g/mol. The zero-order valence-electron chi connectivity index (χ0n) is 13.8. The smallest absolute Gasteiger partial charge is 0.0439 e. The van der Waals surface area contributed by atoms with E-state index in [-0.39, 0.29) is 5.54 Å². The lowest BCUT2D eigenvalue weighted by atomic mass is 9.87. The van der Waals surface area contributed by atoms with Crippen molar-refractivity contribution in [2.45, 2.75) is 52.6 Å². The molecule has 0 heterocycles. The number of rotatable bonds is 8. The van der Waals surface area contributed by atoms with E-state index < -0.39 is 0 Å². The van der Waals surface area contributed by atoms with Gasteiger partial charge in [-0.2, -0.15) is 0 Å². The van der Waals surface area contributed by atoms with Crippen molar-refractivity contribution in [2.24, 2.45) is 0 Å². The van der Waals surface area contributed by atoms with Crippen molar-refractivity contribution in [1.29, 1.82) is 0 Å². The number of nitrogens with zero attached hydrogens (tertiary/aromatic N) is 1. The van der Waals surface area contributed by atoms with E-state index in [0.717, 1.165) is 41.7 Å². The Kier molecular flexibility index (Phi) is 7.49. The number of likely N-dealkylation sites (N-methyl/N-ethyl adjacent to an activating group) is 2. The highest BCUT2D eigenvalue weighted by molar-refractivity contribution is 6.33. The van der Waals surface area contributed by atoms with E-state index in [0.29, 0.717) is 6.04 Å². The van der Waals surface area contributed by atoms with E-state index in [4.69, 9.17) is 23.2 Å². The summed E-state index contributed by atoms with van der Waals surface area (Å²) in [5.41, 5.74) is 1.15. The van der Waals surface area contributed by atoms with Crippen molar-refractivity contribution >= 4 is 23.2 Å². The minimum Gasteiger partial charge on any atom is -0.312 e. The van der Waals surface area contributed by atoms with Gasteiger partial charge >= 0.3 is 0 Å². The van der Waals surface area contributed by atoms with Gasteiger partial charge in [0, 0.05) is 21.6 Å². The zero-order valence-corrected chi connectivity index (χ0v) is 15.4. The van der Waals surface area contributed by atoms with Gasteiger partial charge < -0.3 is 5.32 Å². The molecule has 1 aromatic rings. The Hall–Kier alpha value is -0.280. The van der Waals surface area contributed by atoms with Gasteiger partial charge in [-0.05, 0) is 63.7 Å². The van der Waals surface area contributed by atoms with Crippen LogP contribution in [0.2, 0.25) is 10.0 Å². The van der Waals surface area contributed by atoms with Crippen molar-refractivity contribution < 1.29 is 0 Å². The van der Waals surface area contributed by atoms with E-state index in [2.05, 4.69) is 44.8 Å². The van der Waals surface area contributed by atoms with Crippen LogP contribution in [-0.4, -0.2) is 36.1 Å². The summed E-state index contributed by atoms with van der Waals surface area (Å²) in [5.74, 6) is 0. The summed E-state index contributed by atoms with van der Waals surface area (Å²) in [6, 6.07) is 6.02. The molecule has 1 unspecified atom stereocenters. The molecule has 0 radical (unpaired) electrons. The third-order valence-corrected chi connectivity index (χ3v) is 4.92. The van der Waals surface area contributed by atoms with E-state index in [1.807, 2.05) is 18.2 Å². The molecule has 0 saturated heterocycles. The largest absolute Gasteiger partial charge is 0.312 e. The number of hydrogen-bond donors (Lipinski definition) is 1. The van der Waals surface area contributed by atoms with Gasteiger partial charge in [-0.3, -0.25) is 4.90 Å². The van der Waals surface area contributed by atoms with Gasteiger partial charge in [-0.15, -0.1) is 0 Å². The average Bonchev–Trinajstić information content (AvgIpc) is 2.43. The molecular formula is C17H28Cl2N2. The SMILES string of the molecule is CCNC(Cc1cc(Cl)ccc1Cl)C(C)(C)N(CC)CC. The van der Waals surface area contributed by atoms with Crippen molar-refractivity contribution in [2.75, 3.05) is 19.6 Å². The highest BCUT2D eigenvalue weighted by Crippen LogP contribution is 2.27. The van der Waals surface area contributed by atoms with Gasteiger partial charge in [0.2, 0.25) is 0 Å². The summed E-state index contributed by atoms with van der Waals surface area (Å²) in [6.45, 7) is 14.2. The minimum absolute atomic E-state index is 0.0468. The molecule has 0 amide bonds. The van der Waals surface area contributed by atoms with Crippen molar-refractivity contribution in [3.8, 4) is 0 Å². The Morgan fingerprint density at radius 1 is 1.14 bits per heavy atom. The highest BCUT2D eigenvalue weighted by atomic mass is 35.5. The fourth-order valence-corrected chi connectivity index (χ4v) is 3.39. The quantitative estimate of drug-likeness (QED) is 0.747. The molecule has 1 rings (SSSR count). The molecule has 0 bridgehead atoms.